The van der Waals surface area contributed by atoms with Gasteiger partial charge in [-0.05, 0) is 82.5 Å². The fourth-order valence-electron chi connectivity index (χ4n) is 4.15. The minimum atomic E-state index is -0.0759. The number of aldehydes is 1. The zero-order valence-corrected chi connectivity index (χ0v) is 19.5. The van der Waals surface area contributed by atoms with Gasteiger partial charge in [0.25, 0.3) is 0 Å². The van der Waals surface area contributed by atoms with E-state index >= 15 is 0 Å². The zero-order valence-electron chi connectivity index (χ0n) is 19.5. The molecule has 164 valence electrons. The highest BCUT2D eigenvalue weighted by molar-refractivity contribution is 5.51. The first kappa shape index (κ1) is 24.3. The third kappa shape index (κ3) is 8.83. The third-order valence-corrected chi connectivity index (χ3v) is 6.24. The van der Waals surface area contributed by atoms with Crippen LogP contribution in [0.3, 0.4) is 0 Å². The van der Waals surface area contributed by atoms with Crippen molar-refractivity contribution < 1.29 is 4.79 Å². The van der Waals surface area contributed by atoms with Gasteiger partial charge in [0.05, 0.1) is 0 Å². The van der Waals surface area contributed by atoms with E-state index in [0.717, 1.165) is 31.6 Å². The van der Waals surface area contributed by atoms with E-state index in [-0.39, 0.29) is 5.54 Å². The SMILES string of the molecule is Cc1ccc(C2CCCCC2)cc1.Cc1ccccc1CCCNC(C)(C)CC=O. The predicted molar refractivity (Wildman–Crippen MR) is 129 cm³/mol. The maximum atomic E-state index is 10.5. The second-order valence-electron chi connectivity index (χ2n) is 9.46. The molecule has 0 aromatic heterocycles. The van der Waals surface area contributed by atoms with Gasteiger partial charge in [0.2, 0.25) is 0 Å². The minimum Gasteiger partial charge on any atom is -0.311 e. The first-order valence-electron chi connectivity index (χ1n) is 11.7. The number of nitrogens with one attached hydrogen (secondary N) is 1. The topological polar surface area (TPSA) is 29.1 Å². The molecule has 0 amide bonds. The number of hydrogen-bond acceptors (Lipinski definition) is 2. The van der Waals surface area contributed by atoms with Crippen molar-refractivity contribution in [2.24, 2.45) is 0 Å². The van der Waals surface area contributed by atoms with Crippen LogP contribution in [0, 0.1) is 13.8 Å². The molecule has 30 heavy (non-hydrogen) atoms. The molecular formula is C28H41NO. The average molecular weight is 408 g/mol. The van der Waals surface area contributed by atoms with Gasteiger partial charge in [-0.2, -0.15) is 0 Å². The van der Waals surface area contributed by atoms with Gasteiger partial charge < -0.3 is 10.1 Å². The Hall–Kier alpha value is -1.93. The van der Waals surface area contributed by atoms with Crippen LogP contribution >= 0.6 is 0 Å². The standard InChI is InChI=1S/C15H23NO.C13H18/c1-13-7-4-5-8-14(13)9-6-11-16-15(2,3)10-12-17;1-11-7-9-13(10-8-11)12-5-3-2-4-6-12/h4-5,7-8,12,16H,6,9-11H2,1-3H3;7-10,12H,2-6H2,1H3. The van der Waals surface area contributed by atoms with Gasteiger partial charge >= 0.3 is 0 Å². The average Bonchev–Trinajstić information content (AvgIpc) is 2.74. The molecule has 1 fully saturated rings. The molecule has 0 atom stereocenters. The molecule has 2 heteroatoms. The highest BCUT2D eigenvalue weighted by Crippen LogP contribution is 2.32. The summed E-state index contributed by atoms with van der Waals surface area (Å²) < 4.78 is 0. The Bertz CT molecular complexity index is 741. The number of benzene rings is 2. The molecule has 0 unspecified atom stereocenters. The van der Waals surface area contributed by atoms with Crippen molar-refractivity contribution in [3.63, 3.8) is 0 Å². The molecule has 2 aromatic rings. The van der Waals surface area contributed by atoms with Gasteiger partial charge in [0.1, 0.15) is 6.29 Å². The van der Waals surface area contributed by atoms with E-state index in [0.29, 0.717) is 6.42 Å². The number of rotatable bonds is 8. The summed E-state index contributed by atoms with van der Waals surface area (Å²) in [6, 6.07) is 17.6. The van der Waals surface area contributed by atoms with Gasteiger partial charge in [-0.25, -0.2) is 0 Å². The summed E-state index contributed by atoms with van der Waals surface area (Å²) in [6.45, 7) is 9.39. The summed E-state index contributed by atoms with van der Waals surface area (Å²) in [5.41, 5.74) is 5.64. The zero-order chi connectivity index (χ0) is 21.8. The molecule has 2 nitrogen and oxygen atoms in total. The van der Waals surface area contributed by atoms with Crippen LogP contribution in [-0.4, -0.2) is 18.4 Å². The molecule has 0 aliphatic heterocycles. The van der Waals surface area contributed by atoms with E-state index in [9.17, 15) is 4.79 Å². The van der Waals surface area contributed by atoms with E-state index in [1.165, 1.54) is 48.8 Å². The lowest BCUT2D eigenvalue weighted by Crippen LogP contribution is -2.40. The smallest absolute Gasteiger partial charge is 0.121 e. The summed E-state index contributed by atoms with van der Waals surface area (Å²) >= 11 is 0. The van der Waals surface area contributed by atoms with E-state index in [4.69, 9.17) is 0 Å². The Balaban J connectivity index is 0.000000220. The van der Waals surface area contributed by atoms with Gasteiger partial charge in [-0.3, -0.25) is 0 Å². The summed E-state index contributed by atoms with van der Waals surface area (Å²) in [4.78, 5) is 10.5. The number of hydrogen-bond donors (Lipinski definition) is 1. The monoisotopic (exact) mass is 407 g/mol. The van der Waals surface area contributed by atoms with Crippen LogP contribution in [0.4, 0.5) is 0 Å². The molecule has 0 saturated heterocycles. The highest BCUT2D eigenvalue weighted by atomic mass is 16.1. The number of aryl methyl sites for hydroxylation is 3. The molecule has 0 bridgehead atoms. The molecule has 1 aliphatic rings. The summed E-state index contributed by atoms with van der Waals surface area (Å²) in [6.07, 6.45) is 10.9. The maximum Gasteiger partial charge on any atom is 0.121 e. The first-order chi connectivity index (χ1) is 14.4. The third-order valence-electron chi connectivity index (χ3n) is 6.24. The molecule has 0 spiro atoms. The summed E-state index contributed by atoms with van der Waals surface area (Å²) in [5, 5.41) is 3.42. The van der Waals surface area contributed by atoms with E-state index in [1.54, 1.807) is 5.56 Å². The van der Waals surface area contributed by atoms with Crippen LogP contribution in [0.25, 0.3) is 0 Å². The van der Waals surface area contributed by atoms with Gasteiger partial charge in [0.15, 0.2) is 0 Å². The lowest BCUT2D eigenvalue weighted by Gasteiger charge is -2.23. The molecule has 1 aliphatic carbocycles. The molecule has 3 rings (SSSR count). The van der Waals surface area contributed by atoms with Crippen LogP contribution in [0.1, 0.15) is 87.0 Å². The molecule has 0 radical (unpaired) electrons. The van der Waals surface area contributed by atoms with Crippen molar-refractivity contribution in [3.8, 4) is 0 Å². The second kappa shape index (κ2) is 12.7. The van der Waals surface area contributed by atoms with Crippen molar-refractivity contribution in [2.75, 3.05) is 6.54 Å². The minimum absolute atomic E-state index is 0.0759. The van der Waals surface area contributed by atoms with Crippen molar-refractivity contribution >= 4 is 6.29 Å². The molecule has 0 heterocycles. The van der Waals surface area contributed by atoms with Crippen molar-refractivity contribution in [1.82, 2.24) is 5.32 Å². The van der Waals surface area contributed by atoms with E-state index < -0.39 is 0 Å². The van der Waals surface area contributed by atoms with Crippen LogP contribution < -0.4 is 5.32 Å². The second-order valence-corrected chi connectivity index (χ2v) is 9.46. The molecule has 1 saturated carbocycles. The maximum absolute atomic E-state index is 10.5. The fourth-order valence-corrected chi connectivity index (χ4v) is 4.15. The van der Waals surface area contributed by atoms with E-state index in [1.807, 2.05) is 0 Å². The highest BCUT2D eigenvalue weighted by Gasteiger charge is 2.15. The predicted octanol–water partition coefficient (Wildman–Crippen LogP) is 6.93. The number of carbonyl (C=O) groups excluding carboxylic acids is 1. The van der Waals surface area contributed by atoms with E-state index in [2.05, 4.69) is 81.5 Å². The lowest BCUT2D eigenvalue weighted by atomic mass is 9.84. The fraction of sp³-hybridized carbons (Fsp3) is 0.536. The first-order valence-corrected chi connectivity index (χ1v) is 11.7. The Morgan fingerprint density at radius 1 is 0.967 bits per heavy atom. The molecule has 2 aromatic carbocycles. The normalized spacial score (nSPS) is 14.7. The van der Waals surface area contributed by atoms with Gasteiger partial charge in [-0.15, -0.1) is 0 Å². The quantitative estimate of drug-likeness (QED) is 0.380. The lowest BCUT2D eigenvalue weighted by molar-refractivity contribution is -0.108. The van der Waals surface area contributed by atoms with Crippen LogP contribution in [0.5, 0.6) is 0 Å². The van der Waals surface area contributed by atoms with Crippen molar-refractivity contribution in [2.45, 2.75) is 90.5 Å². The Labute approximate surface area is 184 Å². The Kier molecular flexibility index (Phi) is 10.3. The van der Waals surface area contributed by atoms with Crippen LogP contribution in [0.15, 0.2) is 48.5 Å². The van der Waals surface area contributed by atoms with Crippen molar-refractivity contribution in [1.29, 1.82) is 0 Å². The van der Waals surface area contributed by atoms with Crippen LogP contribution in [-0.2, 0) is 11.2 Å². The molecular weight excluding hydrogens is 366 g/mol. The largest absolute Gasteiger partial charge is 0.311 e. The summed E-state index contributed by atoms with van der Waals surface area (Å²) in [5.74, 6) is 0.856. The van der Waals surface area contributed by atoms with Gasteiger partial charge in [-0.1, -0.05) is 73.4 Å². The van der Waals surface area contributed by atoms with Crippen molar-refractivity contribution in [3.05, 3.63) is 70.8 Å². The molecule has 1 N–H and O–H groups in total. The van der Waals surface area contributed by atoms with Crippen LogP contribution in [0.2, 0.25) is 0 Å². The summed E-state index contributed by atoms with van der Waals surface area (Å²) in [7, 11) is 0. The van der Waals surface area contributed by atoms with Gasteiger partial charge in [0, 0.05) is 12.0 Å². The Morgan fingerprint density at radius 2 is 1.63 bits per heavy atom. The Morgan fingerprint density at radius 3 is 2.27 bits per heavy atom. The number of carbonyl (C=O) groups is 1.